The molecule has 2 rings (SSSR count). The van der Waals surface area contributed by atoms with E-state index in [0.29, 0.717) is 13.0 Å². The number of ether oxygens (including phenoxy) is 1. The first-order chi connectivity index (χ1) is 10.5. The van der Waals surface area contributed by atoms with Crippen LogP contribution < -0.4 is 5.32 Å². The van der Waals surface area contributed by atoms with E-state index in [-0.39, 0.29) is 11.7 Å². The summed E-state index contributed by atoms with van der Waals surface area (Å²) in [6, 6.07) is 8.15. The zero-order valence-electron chi connectivity index (χ0n) is 13.4. The van der Waals surface area contributed by atoms with Gasteiger partial charge in [0, 0.05) is 17.5 Å². The summed E-state index contributed by atoms with van der Waals surface area (Å²) in [7, 11) is 0. The van der Waals surface area contributed by atoms with Crippen molar-refractivity contribution in [1.29, 1.82) is 0 Å². The average Bonchev–Trinajstić information content (AvgIpc) is 2.47. The molecule has 0 bridgehead atoms. The highest BCUT2D eigenvalue weighted by molar-refractivity contribution is 6.06. The second-order valence-electron chi connectivity index (χ2n) is 5.66. The maximum absolute atomic E-state index is 12.2. The molecule has 0 aromatic heterocycles. The van der Waals surface area contributed by atoms with Gasteiger partial charge in [0.1, 0.15) is 5.92 Å². The largest absolute Gasteiger partial charge is 0.465 e. The number of benzene rings is 1. The molecule has 4 nitrogen and oxygen atoms in total. The Hall–Kier alpha value is -2.10. The molecule has 0 aliphatic heterocycles. The fourth-order valence-corrected chi connectivity index (χ4v) is 2.74. The van der Waals surface area contributed by atoms with E-state index in [1.165, 1.54) is 11.6 Å². The minimum atomic E-state index is -0.673. The molecular weight excluding hydrogens is 278 g/mol. The molecule has 22 heavy (non-hydrogen) atoms. The molecule has 4 heteroatoms. The minimum absolute atomic E-state index is 0.0611. The van der Waals surface area contributed by atoms with Crippen LogP contribution in [0.3, 0.4) is 0 Å². The lowest BCUT2D eigenvalue weighted by molar-refractivity contribution is -0.152. The van der Waals surface area contributed by atoms with E-state index in [2.05, 4.69) is 24.4 Å². The second kappa shape index (κ2) is 7.25. The van der Waals surface area contributed by atoms with Crippen LogP contribution in [0.2, 0.25) is 0 Å². The molecule has 1 aliphatic rings. The Morgan fingerprint density at radius 1 is 1.27 bits per heavy atom. The van der Waals surface area contributed by atoms with Crippen LogP contribution in [0.5, 0.6) is 0 Å². The summed E-state index contributed by atoms with van der Waals surface area (Å²) in [5.41, 5.74) is 3.08. The molecule has 1 aromatic rings. The van der Waals surface area contributed by atoms with Gasteiger partial charge < -0.3 is 10.1 Å². The van der Waals surface area contributed by atoms with Crippen molar-refractivity contribution in [1.82, 2.24) is 0 Å². The van der Waals surface area contributed by atoms with Crippen LogP contribution in [0.15, 0.2) is 36.0 Å². The van der Waals surface area contributed by atoms with E-state index >= 15 is 0 Å². The molecule has 0 saturated heterocycles. The molecule has 0 spiro atoms. The van der Waals surface area contributed by atoms with Crippen molar-refractivity contribution in [2.75, 3.05) is 11.9 Å². The van der Waals surface area contributed by atoms with Crippen molar-refractivity contribution in [3.63, 3.8) is 0 Å². The third kappa shape index (κ3) is 3.75. The lowest BCUT2D eigenvalue weighted by Gasteiger charge is -2.26. The van der Waals surface area contributed by atoms with E-state index in [4.69, 9.17) is 4.74 Å². The molecule has 2 unspecified atom stereocenters. The van der Waals surface area contributed by atoms with Crippen LogP contribution in [0.25, 0.3) is 0 Å². The van der Waals surface area contributed by atoms with E-state index in [0.717, 1.165) is 17.8 Å². The summed E-state index contributed by atoms with van der Waals surface area (Å²) in [5.74, 6) is -1.32. The topological polar surface area (TPSA) is 55.4 Å². The van der Waals surface area contributed by atoms with Crippen molar-refractivity contribution in [2.45, 2.75) is 33.6 Å². The number of rotatable bonds is 5. The van der Waals surface area contributed by atoms with Gasteiger partial charge >= 0.3 is 5.97 Å². The van der Waals surface area contributed by atoms with Gasteiger partial charge in [0.05, 0.1) is 6.61 Å². The lowest BCUT2D eigenvalue weighted by atomic mass is 9.82. The smallest absolute Gasteiger partial charge is 0.317 e. The van der Waals surface area contributed by atoms with E-state index in [1.54, 1.807) is 6.92 Å². The number of anilines is 1. The number of allylic oxidation sites excluding steroid dienone is 2. The summed E-state index contributed by atoms with van der Waals surface area (Å²) in [4.78, 5) is 24.1. The van der Waals surface area contributed by atoms with Crippen molar-refractivity contribution in [2.24, 2.45) is 11.8 Å². The number of aryl methyl sites for hydroxylation is 1. The summed E-state index contributed by atoms with van der Waals surface area (Å²) < 4.78 is 4.99. The Labute approximate surface area is 131 Å². The molecular formula is C18H23NO3. The maximum Gasteiger partial charge on any atom is 0.317 e. The average molecular weight is 301 g/mol. The third-order valence-electron chi connectivity index (χ3n) is 3.94. The highest BCUT2D eigenvalue weighted by Gasteiger charge is 2.36. The zero-order chi connectivity index (χ0) is 16.1. The number of nitrogens with one attached hydrogen (secondary N) is 1. The van der Waals surface area contributed by atoms with E-state index in [1.807, 2.05) is 19.1 Å². The van der Waals surface area contributed by atoms with Gasteiger partial charge in [-0.05, 0) is 43.4 Å². The van der Waals surface area contributed by atoms with Crippen LogP contribution in [0, 0.1) is 11.8 Å². The normalized spacial score (nSPS) is 21.2. The highest BCUT2D eigenvalue weighted by atomic mass is 16.5. The molecule has 1 N–H and O–H groups in total. The predicted molar refractivity (Wildman–Crippen MR) is 86.4 cm³/mol. The number of hydrogen-bond acceptors (Lipinski definition) is 4. The molecule has 118 valence electrons. The van der Waals surface area contributed by atoms with Crippen LogP contribution in [0.4, 0.5) is 5.69 Å². The first-order valence-electron chi connectivity index (χ1n) is 7.82. The quantitative estimate of drug-likeness (QED) is 0.669. The van der Waals surface area contributed by atoms with Gasteiger partial charge in [0.25, 0.3) is 0 Å². The van der Waals surface area contributed by atoms with Gasteiger partial charge in [-0.15, -0.1) is 0 Å². The highest BCUT2D eigenvalue weighted by Crippen LogP contribution is 2.29. The van der Waals surface area contributed by atoms with E-state index in [9.17, 15) is 9.59 Å². The Kier molecular flexibility index (Phi) is 5.36. The molecule has 0 saturated carbocycles. The summed E-state index contributed by atoms with van der Waals surface area (Å²) in [5, 5.41) is 3.27. The fraction of sp³-hybridized carbons (Fsp3) is 0.444. The zero-order valence-corrected chi connectivity index (χ0v) is 13.4. The predicted octanol–water partition coefficient (Wildman–Crippen LogP) is 3.33. The third-order valence-corrected chi connectivity index (χ3v) is 3.94. The van der Waals surface area contributed by atoms with Gasteiger partial charge in [0.2, 0.25) is 0 Å². The molecule has 2 atom stereocenters. The molecule has 0 fully saturated rings. The molecule has 0 radical (unpaired) electrons. The maximum atomic E-state index is 12.2. The molecule has 0 heterocycles. The van der Waals surface area contributed by atoms with Crippen molar-refractivity contribution >= 4 is 17.4 Å². The summed E-state index contributed by atoms with van der Waals surface area (Å²) in [6.45, 7) is 6.07. The number of hydrogen-bond donors (Lipinski definition) is 1. The van der Waals surface area contributed by atoms with Crippen LogP contribution in [-0.4, -0.2) is 18.4 Å². The standard InChI is InChI=1S/C18H23NO3/c1-4-13-6-8-14(9-7-13)19-15-10-12(3)17(16(20)11-15)18(21)22-5-2/h6-9,11-12,17,19H,4-5,10H2,1-3H3. The molecule has 1 aromatic carbocycles. The van der Waals surface area contributed by atoms with Crippen molar-refractivity contribution < 1.29 is 14.3 Å². The van der Waals surface area contributed by atoms with Gasteiger partial charge in [-0.3, -0.25) is 9.59 Å². The Balaban J connectivity index is 2.08. The van der Waals surface area contributed by atoms with Gasteiger partial charge in [-0.25, -0.2) is 0 Å². The van der Waals surface area contributed by atoms with E-state index < -0.39 is 11.9 Å². The number of carbonyl (C=O) groups is 2. The summed E-state index contributed by atoms with van der Waals surface area (Å²) >= 11 is 0. The van der Waals surface area contributed by atoms with Crippen LogP contribution in [0.1, 0.15) is 32.8 Å². The van der Waals surface area contributed by atoms with Crippen LogP contribution >= 0.6 is 0 Å². The molecule has 1 aliphatic carbocycles. The molecule has 0 amide bonds. The lowest BCUT2D eigenvalue weighted by Crippen LogP contribution is -2.34. The van der Waals surface area contributed by atoms with Crippen LogP contribution in [-0.2, 0) is 20.7 Å². The van der Waals surface area contributed by atoms with Crippen molar-refractivity contribution in [3.8, 4) is 0 Å². The minimum Gasteiger partial charge on any atom is -0.465 e. The Morgan fingerprint density at radius 2 is 1.95 bits per heavy atom. The summed E-state index contributed by atoms with van der Waals surface area (Å²) in [6.07, 6.45) is 3.19. The number of carbonyl (C=O) groups excluding carboxylic acids is 2. The monoisotopic (exact) mass is 301 g/mol. The first-order valence-corrected chi connectivity index (χ1v) is 7.82. The number of ketones is 1. The number of esters is 1. The van der Waals surface area contributed by atoms with Crippen molar-refractivity contribution in [3.05, 3.63) is 41.6 Å². The van der Waals surface area contributed by atoms with Gasteiger partial charge in [-0.2, -0.15) is 0 Å². The van der Waals surface area contributed by atoms with Gasteiger partial charge in [0.15, 0.2) is 5.78 Å². The fourth-order valence-electron chi connectivity index (χ4n) is 2.74. The first kappa shape index (κ1) is 16.3. The van der Waals surface area contributed by atoms with Gasteiger partial charge in [-0.1, -0.05) is 26.0 Å². The second-order valence-corrected chi connectivity index (χ2v) is 5.66. The Bertz CT molecular complexity index is 574. The Morgan fingerprint density at radius 3 is 2.50 bits per heavy atom. The SMILES string of the molecule is CCOC(=O)C1C(=O)C=C(Nc2ccc(CC)cc2)CC1C.